The van der Waals surface area contributed by atoms with Gasteiger partial charge in [0, 0.05) is 11.1 Å². The number of carbonyl (C=O) groups is 2. The van der Waals surface area contributed by atoms with Crippen molar-refractivity contribution in [1.82, 2.24) is 20.9 Å². The average Bonchev–Trinajstić information content (AvgIpc) is 3.17. The summed E-state index contributed by atoms with van der Waals surface area (Å²) in [6, 6.07) is 44.3. The van der Waals surface area contributed by atoms with Gasteiger partial charge in [-0.15, -0.1) is 0 Å². The number of hydrogen-bond donors (Lipinski definition) is 2. The molecule has 246 valence electrons. The second-order valence-corrected chi connectivity index (χ2v) is 14.6. The molecule has 5 aromatic rings. The van der Waals surface area contributed by atoms with Crippen LogP contribution < -0.4 is 10.9 Å². The largest absolute Gasteiger partial charge is 0.278 e. The number of aliphatic imine (C=N–C) groups is 4. The van der Waals surface area contributed by atoms with Crippen molar-refractivity contribution in [3.8, 4) is 0 Å². The van der Waals surface area contributed by atoms with E-state index in [0.29, 0.717) is 43.2 Å². The molecule has 10 nitrogen and oxygen atoms in total. The lowest BCUT2D eigenvalue weighted by atomic mass is 10.1. The van der Waals surface area contributed by atoms with Crippen LogP contribution in [-0.4, -0.2) is 42.5 Å². The minimum atomic E-state index is -0.362. The third-order valence-electron chi connectivity index (χ3n) is 6.91. The Bertz CT molecular complexity index is 1950. The van der Waals surface area contributed by atoms with Gasteiger partial charge in [0.1, 0.15) is 0 Å². The molecule has 14 heteroatoms. The summed E-state index contributed by atoms with van der Waals surface area (Å²) in [5.41, 5.74) is 9.88. The second-order valence-electron chi connectivity index (χ2n) is 10.4. The van der Waals surface area contributed by atoms with E-state index in [2.05, 4.69) is 20.8 Å². The Morgan fingerprint density at radius 3 is 1.02 bits per heavy atom. The summed E-state index contributed by atoms with van der Waals surface area (Å²) in [5.74, 6) is -0.724. The summed E-state index contributed by atoms with van der Waals surface area (Å²) in [6.07, 6.45) is 0. The van der Waals surface area contributed by atoms with E-state index >= 15 is 0 Å². The van der Waals surface area contributed by atoms with Crippen LogP contribution in [0.2, 0.25) is 0 Å². The lowest BCUT2D eigenvalue weighted by Crippen LogP contribution is -2.50. The monoisotopic (exact) mass is 730 g/mol. The quantitative estimate of drug-likeness (QED) is 0.166. The molecule has 0 radical (unpaired) electrons. The van der Waals surface area contributed by atoms with Crippen LogP contribution in [0.5, 0.6) is 0 Å². The van der Waals surface area contributed by atoms with Crippen molar-refractivity contribution in [3.63, 3.8) is 0 Å². The van der Waals surface area contributed by atoms with Gasteiger partial charge in [0.25, 0.3) is 11.8 Å². The minimum Gasteiger partial charge on any atom is -0.267 e. The van der Waals surface area contributed by atoms with E-state index in [9.17, 15) is 9.59 Å². The number of amidine groups is 4. The first-order valence-corrected chi connectivity index (χ1v) is 19.5. The molecule has 0 bridgehead atoms. The van der Waals surface area contributed by atoms with E-state index in [1.807, 2.05) is 121 Å². The molecule has 0 saturated carbocycles. The molecule has 7 rings (SSSR count). The maximum Gasteiger partial charge on any atom is 0.278 e. The van der Waals surface area contributed by atoms with Crippen LogP contribution in [0.25, 0.3) is 0 Å². The van der Waals surface area contributed by atoms with Crippen molar-refractivity contribution in [2.45, 2.75) is 0 Å². The number of nitrogens with one attached hydrogen (secondary N) is 2. The molecule has 50 heavy (non-hydrogen) atoms. The Kier molecular flexibility index (Phi) is 10.6. The number of nitrogens with zero attached hydrogens (tertiary/aromatic N) is 6. The van der Waals surface area contributed by atoms with Gasteiger partial charge < -0.3 is 0 Å². The Morgan fingerprint density at radius 2 is 0.700 bits per heavy atom. The van der Waals surface area contributed by atoms with Crippen LogP contribution in [0.3, 0.4) is 0 Å². The van der Waals surface area contributed by atoms with Gasteiger partial charge in [0.05, 0.1) is 22.7 Å². The zero-order valence-electron chi connectivity index (χ0n) is 26.0. The van der Waals surface area contributed by atoms with Crippen molar-refractivity contribution in [2.24, 2.45) is 20.0 Å². The Morgan fingerprint density at radius 1 is 0.400 bits per heavy atom. The molecule has 2 saturated heterocycles. The van der Waals surface area contributed by atoms with E-state index in [4.69, 9.17) is 9.98 Å². The highest BCUT2D eigenvalue weighted by Gasteiger charge is 2.31. The summed E-state index contributed by atoms with van der Waals surface area (Å²) in [6.45, 7) is 0. The highest BCUT2D eigenvalue weighted by atomic mass is 33.1. The third kappa shape index (κ3) is 8.29. The summed E-state index contributed by atoms with van der Waals surface area (Å²) in [5, 5.41) is 4.69. The SMILES string of the molecule is O=C(c1ccc(C(=O)N2NC(=Nc3ccccc3)SSC2=Nc2ccccc2)cc1)N1NC(=Nc2ccccc2)SSC1=Nc1ccccc1. The fourth-order valence-corrected chi connectivity index (χ4v) is 8.11. The second kappa shape index (κ2) is 16.0. The van der Waals surface area contributed by atoms with Gasteiger partial charge in [0.2, 0.25) is 10.3 Å². The smallest absolute Gasteiger partial charge is 0.267 e. The van der Waals surface area contributed by atoms with E-state index in [-0.39, 0.29) is 11.8 Å². The summed E-state index contributed by atoms with van der Waals surface area (Å²) >= 11 is 0. The molecule has 0 unspecified atom stereocenters. The Balaban J connectivity index is 1.16. The number of carbonyl (C=O) groups excluding carboxylic acids is 2. The van der Waals surface area contributed by atoms with E-state index in [1.165, 1.54) is 53.2 Å². The standard InChI is InChI=1S/C36H26N8O2S4/c45-31(43-35(39-29-17-9-3-10-18-29)49-47-33(41-43)37-27-13-5-1-6-14-27)25-21-23-26(24-22-25)32(46)44-36(40-30-19-11-4-12-20-30)50-48-34(42-44)38-28-15-7-2-8-16-28/h1-24H,(H,37,41)(H,38,42). The topological polar surface area (TPSA) is 114 Å². The molecule has 0 atom stereocenters. The van der Waals surface area contributed by atoms with Gasteiger partial charge >= 0.3 is 0 Å². The van der Waals surface area contributed by atoms with Crippen LogP contribution in [0.1, 0.15) is 20.7 Å². The predicted molar refractivity (Wildman–Crippen MR) is 210 cm³/mol. The lowest BCUT2D eigenvalue weighted by molar-refractivity contribution is 0.0814. The van der Waals surface area contributed by atoms with Gasteiger partial charge in [-0.3, -0.25) is 20.4 Å². The van der Waals surface area contributed by atoms with Crippen molar-refractivity contribution >= 4 is 98.4 Å². The van der Waals surface area contributed by atoms with Crippen molar-refractivity contribution < 1.29 is 9.59 Å². The van der Waals surface area contributed by atoms with E-state index in [0.717, 1.165) is 11.4 Å². The first-order valence-electron chi connectivity index (χ1n) is 15.2. The molecule has 0 aliphatic carbocycles. The first kappa shape index (κ1) is 33.2. The number of benzene rings is 5. The molecule has 0 spiro atoms. The summed E-state index contributed by atoms with van der Waals surface area (Å²) < 4.78 is 0. The average molecular weight is 731 g/mol. The van der Waals surface area contributed by atoms with Gasteiger partial charge in [-0.1, -0.05) is 72.8 Å². The normalized spacial score (nSPS) is 17.8. The molecule has 0 aromatic heterocycles. The van der Waals surface area contributed by atoms with Crippen molar-refractivity contribution in [2.75, 3.05) is 0 Å². The number of amides is 2. The van der Waals surface area contributed by atoms with E-state index in [1.54, 1.807) is 24.3 Å². The number of rotatable bonds is 6. The van der Waals surface area contributed by atoms with Gasteiger partial charge in [-0.2, -0.15) is 10.0 Å². The lowest BCUT2D eigenvalue weighted by Gasteiger charge is -2.30. The van der Waals surface area contributed by atoms with Gasteiger partial charge in [-0.05, 0) is 116 Å². The van der Waals surface area contributed by atoms with Crippen LogP contribution in [-0.2, 0) is 0 Å². The number of hydrogen-bond acceptors (Lipinski definition) is 10. The third-order valence-corrected chi connectivity index (χ3v) is 10.9. The fraction of sp³-hybridized carbons (Fsp3) is 0. The minimum absolute atomic E-state index is 0.349. The highest BCUT2D eigenvalue weighted by molar-refractivity contribution is 8.87. The predicted octanol–water partition coefficient (Wildman–Crippen LogP) is 9.12. The van der Waals surface area contributed by atoms with Crippen molar-refractivity contribution in [1.29, 1.82) is 0 Å². The molecule has 2 N–H and O–H groups in total. The Hall–Kier alpha value is -5.28. The molecule has 2 aliphatic heterocycles. The number of hydrazine groups is 2. The zero-order valence-corrected chi connectivity index (χ0v) is 29.3. The van der Waals surface area contributed by atoms with Gasteiger partial charge in [-0.25, -0.2) is 20.0 Å². The molecule has 2 aliphatic rings. The summed E-state index contributed by atoms with van der Waals surface area (Å²) in [7, 11) is 5.40. The maximum absolute atomic E-state index is 14.0. The first-order chi connectivity index (χ1) is 24.6. The molecular weight excluding hydrogens is 705 g/mol. The molecule has 5 aromatic carbocycles. The molecule has 2 amide bonds. The van der Waals surface area contributed by atoms with Crippen LogP contribution in [0.4, 0.5) is 22.7 Å². The molecule has 2 fully saturated rings. The zero-order chi connectivity index (χ0) is 34.1. The van der Waals surface area contributed by atoms with Crippen LogP contribution in [0, 0.1) is 0 Å². The fourth-order valence-electron chi connectivity index (χ4n) is 4.53. The molecular formula is C36H26N8O2S4. The van der Waals surface area contributed by atoms with Crippen molar-refractivity contribution in [3.05, 3.63) is 157 Å². The highest BCUT2D eigenvalue weighted by Crippen LogP contribution is 2.35. The number of para-hydroxylation sites is 4. The maximum atomic E-state index is 14.0. The van der Waals surface area contributed by atoms with E-state index < -0.39 is 0 Å². The van der Waals surface area contributed by atoms with Crippen LogP contribution >= 0.6 is 43.2 Å². The van der Waals surface area contributed by atoms with Crippen LogP contribution in [0.15, 0.2) is 166 Å². The summed E-state index contributed by atoms with van der Waals surface area (Å²) in [4.78, 5) is 46.8. The molecule has 2 heterocycles. The van der Waals surface area contributed by atoms with Gasteiger partial charge in [0.15, 0.2) is 10.3 Å². The Labute approximate surface area is 304 Å².